The van der Waals surface area contributed by atoms with E-state index in [4.69, 9.17) is 4.74 Å². The molecule has 2 rings (SSSR count). The molecule has 0 saturated heterocycles. The van der Waals surface area contributed by atoms with Gasteiger partial charge in [0, 0.05) is 13.0 Å². The number of nitrogens with one attached hydrogen (secondary N) is 2. The Hall–Kier alpha value is -1.73. The summed E-state index contributed by atoms with van der Waals surface area (Å²) in [5, 5.41) is 4.28. The van der Waals surface area contributed by atoms with E-state index in [1.807, 2.05) is 6.92 Å². The van der Waals surface area contributed by atoms with Crippen molar-refractivity contribution >= 4 is 33.3 Å². The molecule has 6 nitrogen and oxygen atoms in total. The first kappa shape index (κ1) is 16.6. The van der Waals surface area contributed by atoms with Crippen molar-refractivity contribution in [2.45, 2.75) is 20.3 Å². The third kappa shape index (κ3) is 3.72. The van der Waals surface area contributed by atoms with E-state index in [0.29, 0.717) is 11.5 Å². The maximum atomic E-state index is 12.0. The number of carbonyl (C=O) groups excluding carboxylic acids is 1. The van der Waals surface area contributed by atoms with Gasteiger partial charge in [-0.2, -0.15) is 0 Å². The van der Waals surface area contributed by atoms with Crippen molar-refractivity contribution in [2.75, 3.05) is 39.1 Å². The lowest BCUT2D eigenvalue weighted by molar-refractivity contribution is -0.858. The quantitative estimate of drug-likeness (QED) is 0.590. The van der Waals surface area contributed by atoms with Gasteiger partial charge in [-0.25, -0.2) is 14.8 Å². The first-order chi connectivity index (χ1) is 10.5. The standard InChI is InChI=1S/C15H22N4O2S/c1-5-21-15(20)12-10(2)11-13(16-7-6-8-19(3)4)17-9-18-14(11)22-12/h9H,5-8H2,1-4H3,(H,16,17,18)/p+1. The largest absolute Gasteiger partial charge is 0.462 e. The van der Waals surface area contributed by atoms with Crippen LogP contribution in [0.25, 0.3) is 10.2 Å². The normalized spacial score (nSPS) is 11.1. The molecule has 0 aromatic carbocycles. The van der Waals surface area contributed by atoms with Crippen LogP contribution >= 0.6 is 11.3 Å². The van der Waals surface area contributed by atoms with Crippen LogP contribution in [-0.4, -0.2) is 49.7 Å². The lowest BCUT2D eigenvalue weighted by atomic mass is 10.2. The molecule has 2 aromatic heterocycles. The van der Waals surface area contributed by atoms with Crippen molar-refractivity contribution in [2.24, 2.45) is 0 Å². The minimum absolute atomic E-state index is 0.287. The smallest absolute Gasteiger partial charge is 0.348 e. The number of aryl methyl sites for hydroxylation is 1. The number of hydrogen-bond acceptors (Lipinski definition) is 6. The molecule has 0 aliphatic heterocycles. The highest BCUT2D eigenvalue weighted by Crippen LogP contribution is 2.33. The number of quaternary nitrogens is 1. The zero-order chi connectivity index (χ0) is 16.1. The molecule has 22 heavy (non-hydrogen) atoms. The van der Waals surface area contributed by atoms with Gasteiger partial charge in [0.2, 0.25) is 0 Å². The highest BCUT2D eigenvalue weighted by atomic mass is 32.1. The van der Waals surface area contributed by atoms with Crippen molar-refractivity contribution in [3.05, 3.63) is 16.8 Å². The second kappa shape index (κ2) is 7.51. The molecular formula is C15H23N4O2S+. The second-order valence-electron chi connectivity index (χ2n) is 5.42. The summed E-state index contributed by atoms with van der Waals surface area (Å²) in [5.41, 5.74) is 0.889. The predicted molar refractivity (Wildman–Crippen MR) is 88.9 cm³/mol. The van der Waals surface area contributed by atoms with Crippen molar-refractivity contribution in [3.63, 3.8) is 0 Å². The van der Waals surface area contributed by atoms with Gasteiger partial charge in [-0.05, 0) is 19.4 Å². The average molecular weight is 323 g/mol. The molecule has 0 spiro atoms. The third-order valence-electron chi connectivity index (χ3n) is 3.33. The molecule has 2 heterocycles. The van der Waals surface area contributed by atoms with E-state index in [9.17, 15) is 4.79 Å². The van der Waals surface area contributed by atoms with Crippen LogP contribution < -0.4 is 10.2 Å². The molecule has 0 aliphatic carbocycles. The summed E-state index contributed by atoms with van der Waals surface area (Å²) in [4.78, 5) is 23.5. The SMILES string of the molecule is CCOC(=O)c1sc2ncnc(NCCC[NH+](C)C)c2c1C. The van der Waals surface area contributed by atoms with Gasteiger partial charge in [-0.3, -0.25) is 0 Å². The first-order valence-corrected chi connectivity index (χ1v) is 8.30. The van der Waals surface area contributed by atoms with Crippen molar-refractivity contribution in [1.82, 2.24) is 9.97 Å². The Morgan fingerprint density at radius 2 is 2.18 bits per heavy atom. The number of nitrogens with zero attached hydrogens (tertiary/aromatic N) is 2. The number of esters is 1. The van der Waals surface area contributed by atoms with Gasteiger partial charge in [-0.1, -0.05) is 0 Å². The van der Waals surface area contributed by atoms with Crippen LogP contribution in [-0.2, 0) is 4.74 Å². The fourth-order valence-corrected chi connectivity index (χ4v) is 3.29. The third-order valence-corrected chi connectivity index (χ3v) is 4.51. The Morgan fingerprint density at radius 3 is 2.86 bits per heavy atom. The van der Waals surface area contributed by atoms with Gasteiger partial charge in [0.1, 0.15) is 21.9 Å². The number of fused-ring (bicyclic) bond motifs is 1. The second-order valence-corrected chi connectivity index (χ2v) is 6.42. The Labute approximate surface area is 134 Å². The molecule has 0 amide bonds. The molecule has 0 aliphatic rings. The Kier molecular flexibility index (Phi) is 5.68. The number of carbonyl (C=O) groups is 1. The fourth-order valence-electron chi connectivity index (χ4n) is 2.25. The van der Waals surface area contributed by atoms with E-state index in [2.05, 4.69) is 29.4 Å². The monoisotopic (exact) mass is 323 g/mol. The topological polar surface area (TPSA) is 68.5 Å². The van der Waals surface area contributed by atoms with E-state index in [0.717, 1.165) is 41.1 Å². The molecule has 0 saturated carbocycles. The first-order valence-electron chi connectivity index (χ1n) is 7.48. The maximum Gasteiger partial charge on any atom is 0.348 e. The molecule has 2 aromatic rings. The van der Waals surface area contributed by atoms with E-state index in [1.54, 1.807) is 6.92 Å². The van der Waals surface area contributed by atoms with Gasteiger partial charge in [0.15, 0.2) is 0 Å². The van der Waals surface area contributed by atoms with Crippen molar-refractivity contribution in [3.8, 4) is 0 Å². The zero-order valence-corrected chi connectivity index (χ0v) is 14.3. The van der Waals surface area contributed by atoms with Crippen LogP contribution in [0.2, 0.25) is 0 Å². The molecule has 120 valence electrons. The number of anilines is 1. The van der Waals surface area contributed by atoms with Crippen LogP contribution in [0.4, 0.5) is 5.82 Å². The fraction of sp³-hybridized carbons (Fsp3) is 0.533. The number of ether oxygens (including phenoxy) is 1. The zero-order valence-electron chi connectivity index (χ0n) is 13.5. The lowest BCUT2D eigenvalue weighted by Crippen LogP contribution is -3.05. The summed E-state index contributed by atoms with van der Waals surface area (Å²) in [6.45, 7) is 6.04. The Balaban J connectivity index is 2.22. The molecular weight excluding hydrogens is 300 g/mol. The summed E-state index contributed by atoms with van der Waals surface area (Å²) in [7, 11) is 4.27. The lowest BCUT2D eigenvalue weighted by Gasteiger charge is -2.09. The maximum absolute atomic E-state index is 12.0. The van der Waals surface area contributed by atoms with E-state index < -0.39 is 0 Å². The minimum atomic E-state index is -0.287. The Bertz CT molecular complexity index is 654. The summed E-state index contributed by atoms with van der Waals surface area (Å²) >= 11 is 1.36. The molecule has 0 radical (unpaired) electrons. The molecule has 0 fully saturated rings. The number of aromatic nitrogens is 2. The van der Waals surface area contributed by atoms with Gasteiger partial charge < -0.3 is 15.0 Å². The molecule has 2 N–H and O–H groups in total. The number of rotatable bonds is 7. The van der Waals surface area contributed by atoms with Gasteiger partial charge >= 0.3 is 5.97 Å². The van der Waals surface area contributed by atoms with Crippen molar-refractivity contribution < 1.29 is 14.4 Å². The summed E-state index contributed by atoms with van der Waals surface area (Å²) < 4.78 is 5.10. The van der Waals surface area contributed by atoms with Crippen molar-refractivity contribution in [1.29, 1.82) is 0 Å². The minimum Gasteiger partial charge on any atom is -0.462 e. The van der Waals surface area contributed by atoms with Crippen LogP contribution in [0.15, 0.2) is 6.33 Å². The molecule has 0 atom stereocenters. The molecule has 0 bridgehead atoms. The van der Waals surface area contributed by atoms with E-state index in [1.165, 1.54) is 22.6 Å². The van der Waals surface area contributed by atoms with E-state index in [-0.39, 0.29) is 5.97 Å². The highest BCUT2D eigenvalue weighted by molar-refractivity contribution is 7.20. The van der Waals surface area contributed by atoms with Crippen LogP contribution in [0.1, 0.15) is 28.6 Å². The molecule has 0 unspecified atom stereocenters. The van der Waals surface area contributed by atoms with E-state index >= 15 is 0 Å². The Morgan fingerprint density at radius 1 is 1.41 bits per heavy atom. The van der Waals surface area contributed by atoms with Crippen LogP contribution in [0, 0.1) is 6.92 Å². The summed E-state index contributed by atoms with van der Waals surface area (Å²) in [6, 6.07) is 0. The summed E-state index contributed by atoms with van der Waals surface area (Å²) in [6.07, 6.45) is 2.59. The van der Waals surface area contributed by atoms with Crippen LogP contribution in [0.5, 0.6) is 0 Å². The number of hydrogen-bond donors (Lipinski definition) is 2. The van der Waals surface area contributed by atoms with Gasteiger partial charge in [-0.15, -0.1) is 11.3 Å². The van der Waals surface area contributed by atoms with Gasteiger partial charge in [0.05, 0.1) is 32.6 Å². The van der Waals surface area contributed by atoms with Crippen LogP contribution in [0.3, 0.4) is 0 Å². The van der Waals surface area contributed by atoms with Gasteiger partial charge in [0.25, 0.3) is 0 Å². The predicted octanol–water partition coefficient (Wildman–Crippen LogP) is 1.12. The number of thiophene rings is 1. The highest BCUT2D eigenvalue weighted by Gasteiger charge is 2.19. The molecule has 7 heteroatoms. The average Bonchev–Trinajstić information content (AvgIpc) is 2.82. The summed E-state index contributed by atoms with van der Waals surface area (Å²) in [5.74, 6) is 0.508.